The Labute approximate surface area is 126 Å². The highest BCUT2D eigenvalue weighted by atomic mass is 16.4. The maximum Gasteiger partial charge on any atom is 0.328 e. The van der Waals surface area contributed by atoms with Crippen LogP contribution in [0.2, 0.25) is 0 Å². The fourth-order valence-corrected chi connectivity index (χ4v) is 2.40. The molecule has 1 amide bonds. The Morgan fingerprint density at radius 2 is 1.55 bits per heavy atom. The summed E-state index contributed by atoms with van der Waals surface area (Å²) < 4.78 is 0. The summed E-state index contributed by atoms with van der Waals surface area (Å²) in [7, 11) is 0. The van der Waals surface area contributed by atoms with E-state index >= 15 is 0 Å². The highest BCUT2D eigenvalue weighted by molar-refractivity contribution is 6.10. The van der Waals surface area contributed by atoms with Gasteiger partial charge >= 0.3 is 5.97 Å². The maximum absolute atomic E-state index is 11.8. The minimum Gasteiger partial charge on any atom is -0.478 e. The van der Waals surface area contributed by atoms with Crippen LogP contribution in [-0.2, 0) is 9.59 Å². The van der Waals surface area contributed by atoms with Crippen molar-refractivity contribution in [2.24, 2.45) is 0 Å². The summed E-state index contributed by atoms with van der Waals surface area (Å²) in [5.74, 6) is -1.62. The second-order valence-electron chi connectivity index (χ2n) is 4.89. The number of carboxylic acids is 1. The van der Waals surface area contributed by atoms with Crippen LogP contribution in [0.4, 0.5) is 5.69 Å². The normalized spacial score (nSPS) is 11.1. The van der Waals surface area contributed by atoms with E-state index in [9.17, 15) is 9.59 Å². The molecular weight excluding hydrogens is 278 g/mol. The molecule has 4 heteroatoms. The Balaban J connectivity index is 2.04. The Hall–Kier alpha value is -3.14. The van der Waals surface area contributed by atoms with E-state index < -0.39 is 11.9 Å². The quantitative estimate of drug-likeness (QED) is 0.572. The average molecular weight is 291 g/mol. The first kappa shape index (κ1) is 13.8. The minimum atomic E-state index is -1.15. The second-order valence-corrected chi connectivity index (χ2v) is 4.89. The van der Waals surface area contributed by atoms with Crippen LogP contribution in [0, 0.1) is 0 Å². The van der Waals surface area contributed by atoms with Gasteiger partial charge in [0.25, 0.3) is 0 Å². The molecule has 4 nitrogen and oxygen atoms in total. The third-order valence-electron chi connectivity index (χ3n) is 3.38. The molecule has 3 aromatic rings. The number of benzene rings is 3. The number of fused-ring (bicyclic) bond motifs is 2. The van der Waals surface area contributed by atoms with Crippen LogP contribution < -0.4 is 5.32 Å². The fraction of sp³-hybridized carbons (Fsp3) is 0. The van der Waals surface area contributed by atoms with Crippen LogP contribution >= 0.6 is 0 Å². The van der Waals surface area contributed by atoms with Gasteiger partial charge in [0.1, 0.15) is 0 Å². The standard InChI is InChI=1S/C18H13NO3/c20-17(8-9-18(21)22)19-16-7-3-6-14-10-12-4-1-2-5-13(12)11-15(14)16/h1-11H,(H,19,20)(H,21,22)/b9-8-. The van der Waals surface area contributed by atoms with Gasteiger partial charge in [-0.3, -0.25) is 4.79 Å². The molecule has 0 radical (unpaired) electrons. The van der Waals surface area contributed by atoms with Gasteiger partial charge in [0, 0.05) is 23.2 Å². The molecular formula is C18H13NO3. The summed E-state index contributed by atoms with van der Waals surface area (Å²) in [6.45, 7) is 0. The number of rotatable bonds is 3. The Bertz CT molecular complexity index is 912. The van der Waals surface area contributed by atoms with E-state index in [-0.39, 0.29) is 0 Å². The summed E-state index contributed by atoms with van der Waals surface area (Å²) in [4.78, 5) is 22.2. The third kappa shape index (κ3) is 2.81. The number of carboxylic acid groups (broad SMARTS) is 1. The zero-order chi connectivity index (χ0) is 15.5. The van der Waals surface area contributed by atoms with Gasteiger partial charge in [-0.2, -0.15) is 0 Å². The lowest BCUT2D eigenvalue weighted by molar-refractivity contribution is -0.131. The van der Waals surface area contributed by atoms with Gasteiger partial charge in [-0.15, -0.1) is 0 Å². The van der Waals surface area contributed by atoms with E-state index in [1.54, 1.807) is 6.07 Å². The molecule has 0 spiro atoms. The number of amides is 1. The smallest absolute Gasteiger partial charge is 0.328 e. The van der Waals surface area contributed by atoms with Crippen molar-refractivity contribution in [1.82, 2.24) is 0 Å². The molecule has 0 aliphatic heterocycles. The predicted octanol–water partition coefficient (Wildman–Crippen LogP) is 3.57. The van der Waals surface area contributed by atoms with E-state index in [4.69, 9.17) is 5.11 Å². The van der Waals surface area contributed by atoms with Crippen molar-refractivity contribution in [3.8, 4) is 0 Å². The molecule has 0 aromatic heterocycles. The van der Waals surface area contributed by atoms with Crippen LogP contribution in [0.5, 0.6) is 0 Å². The zero-order valence-corrected chi connectivity index (χ0v) is 11.6. The van der Waals surface area contributed by atoms with Crippen molar-refractivity contribution in [3.05, 3.63) is 66.7 Å². The van der Waals surface area contributed by atoms with Crippen LogP contribution in [0.1, 0.15) is 0 Å². The van der Waals surface area contributed by atoms with Gasteiger partial charge in [-0.05, 0) is 34.4 Å². The molecule has 0 heterocycles. The van der Waals surface area contributed by atoms with Crippen molar-refractivity contribution < 1.29 is 14.7 Å². The molecule has 0 aliphatic carbocycles. The highest BCUT2D eigenvalue weighted by Crippen LogP contribution is 2.28. The molecule has 108 valence electrons. The number of hydrogen-bond acceptors (Lipinski definition) is 2. The van der Waals surface area contributed by atoms with E-state index in [2.05, 4.69) is 11.4 Å². The van der Waals surface area contributed by atoms with Gasteiger partial charge in [0.2, 0.25) is 5.91 Å². The van der Waals surface area contributed by atoms with Gasteiger partial charge in [-0.1, -0.05) is 36.4 Å². The van der Waals surface area contributed by atoms with Crippen LogP contribution in [0.15, 0.2) is 66.7 Å². The molecule has 3 aromatic carbocycles. The lowest BCUT2D eigenvalue weighted by Gasteiger charge is -2.08. The lowest BCUT2D eigenvalue weighted by atomic mass is 10.0. The first-order valence-corrected chi connectivity index (χ1v) is 6.77. The number of hydrogen-bond donors (Lipinski definition) is 2. The zero-order valence-electron chi connectivity index (χ0n) is 11.6. The lowest BCUT2D eigenvalue weighted by Crippen LogP contribution is -2.09. The fourth-order valence-electron chi connectivity index (χ4n) is 2.40. The maximum atomic E-state index is 11.8. The minimum absolute atomic E-state index is 0.469. The molecule has 3 rings (SSSR count). The van der Waals surface area contributed by atoms with Crippen LogP contribution in [-0.4, -0.2) is 17.0 Å². The molecule has 22 heavy (non-hydrogen) atoms. The molecule has 0 bridgehead atoms. The molecule has 0 saturated heterocycles. The van der Waals surface area contributed by atoms with Crippen LogP contribution in [0.25, 0.3) is 21.5 Å². The summed E-state index contributed by atoms with van der Waals surface area (Å²) in [6.07, 6.45) is 1.82. The first-order chi connectivity index (χ1) is 10.6. The summed E-state index contributed by atoms with van der Waals surface area (Å²) in [5.41, 5.74) is 0.656. The Morgan fingerprint density at radius 3 is 2.27 bits per heavy atom. The summed E-state index contributed by atoms with van der Waals surface area (Å²) in [6, 6.07) is 17.7. The van der Waals surface area contributed by atoms with E-state index in [0.717, 1.165) is 33.7 Å². The number of nitrogens with one attached hydrogen (secondary N) is 1. The highest BCUT2D eigenvalue weighted by Gasteiger charge is 2.05. The molecule has 0 aliphatic rings. The molecule has 2 N–H and O–H groups in total. The van der Waals surface area contributed by atoms with Crippen LogP contribution in [0.3, 0.4) is 0 Å². The number of carbonyl (C=O) groups excluding carboxylic acids is 1. The van der Waals surface area contributed by atoms with Crippen molar-refractivity contribution in [1.29, 1.82) is 0 Å². The van der Waals surface area contributed by atoms with Gasteiger partial charge in [0.15, 0.2) is 0 Å². The second kappa shape index (κ2) is 5.69. The predicted molar refractivity (Wildman–Crippen MR) is 86.9 cm³/mol. The largest absolute Gasteiger partial charge is 0.478 e. The number of carbonyl (C=O) groups is 2. The SMILES string of the molecule is O=C(O)/C=C\C(=O)Nc1cccc2cc3ccccc3cc12. The first-order valence-electron chi connectivity index (χ1n) is 6.77. The molecule has 0 saturated carbocycles. The van der Waals surface area contributed by atoms with E-state index in [0.29, 0.717) is 5.69 Å². The molecule has 0 unspecified atom stereocenters. The Kier molecular flexibility index (Phi) is 3.58. The van der Waals surface area contributed by atoms with Crippen molar-refractivity contribution >= 4 is 39.1 Å². The van der Waals surface area contributed by atoms with Crippen molar-refractivity contribution in [2.75, 3.05) is 5.32 Å². The summed E-state index contributed by atoms with van der Waals surface area (Å²) in [5, 5.41) is 15.4. The van der Waals surface area contributed by atoms with Gasteiger partial charge < -0.3 is 10.4 Å². The summed E-state index contributed by atoms with van der Waals surface area (Å²) >= 11 is 0. The van der Waals surface area contributed by atoms with Gasteiger partial charge in [0.05, 0.1) is 0 Å². The van der Waals surface area contributed by atoms with Crippen molar-refractivity contribution in [3.63, 3.8) is 0 Å². The van der Waals surface area contributed by atoms with E-state index in [1.807, 2.05) is 42.5 Å². The van der Waals surface area contributed by atoms with Crippen molar-refractivity contribution in [2.45, 2.75) is 0 Å². The topological polar surface area (TPSA) is 66.4 Å². The molecule has 0 atom stereocenters. The van der Waals surface area contributed by atoms with Gasteiger partial charge in [-0.25, -0.2) is 4.79 Å². The monoisotopic (exact) mass is 291 g/mol. The number of aliphatic carboxylic acids is 1. The Morgan fingerprint density at radius 1 is 0.864 bits per heavy atom. The average Bonchev–Trinajstić information content (AvgIpc) is 2.51. The van der Waals surface area contributed by atoms with E-state index in [1.165, 1.54) is 0 Å². The third-order valence-corrected chi connectivity index (χ3v) is 3.38. The number of anilines is 1. The molecule has 0 fully saturated rings.